The van der Waals surface area contributed by atoms with Gasteiger partial charge >= 0.3 is 0 Å². The highest BCUT2D eigenvalue weighted by atomic mass is 16.5. The van der Waals surface area contributed by atoms with E-state index in [1.54, 1.807) is 0 Å². The first-order chi connectivity index (χ1) is 12.2. The highest BCUT2D eigenvalue weighted by Crippen LogP contribution is 2.31. The van der Waals surface area contributed by atoms with Gasteiger partial charge in [0.05, 0.1) is 18.9 Å². The Morgan fingerprint density at radius 3 is 2.40 bits per heavy atom. The molecule has 0 aliphatic carbocycles. The number of nitriles is 1. The zero-order chi connectivity index (χ0) is 17.6. The Bertz CT molecular complexity index is 801. The Hall–Kier alpha value is -3.01. The molecule has 0 saturated carbocycles. The number of ether oxygens (including phenoxy) is 1. The van der Waals surface area contributed by atoms with Gasteiger partial charge in [0.15, 0.2) is 5.70 Å². The fraction of sp³-hybridized carbons (Fsp3) is 0.211. The van der Waals surface area contributed by atoms with E-state index in [2.05, 4.69) is 28.5 Å². The van der Waals surface area contributed by atoms with Crippen LogP contribution < -0.4 is 21.9 Å². The molecule has 1 aliphatic heterocycles. The van der Waals surface area contributed by atoms with Gasteiger partial charge in [0, 0.05) is 29.9 Å². The maximum atomic E-state index is 9.02. The van der Waals surface area contributed by atoms with Gasteiger partial charge in [-0.1, -0.05) is 42.5 Å². The average molecular weight is 335 g/mol. The first kappa shape index (κ1) is 16.8. The standard InChI is InChI=1S/C19H21N5O/c20-13-17(23-22)19(21)15-7-5-14(6-8-15)16-3-1-2-4-18(16)24-9-11-25-12-10-24/h1-8,23H,9-12,21-22H2/b19-17-. The molecule has 128 valence electrons. The minimum Gasteiger partial charge on any atom is -0.396 e. The summed E-state index contributed by atoms with van der Waals surface area (Å²) in [4.78, 5) is 2.34. The Labute approximate surface area is 147 Å². The summed E-state index contributed by atoms with van der Waals surface area (Å²) in [6.45, 7) is 3.27. The second-order valence-electron chi connectivity index (χ2n) is 5.74. The highest BCUT2D eigenvalue weighted by Gasteiger charge is 2.15. The zero-order valence-electron chi connectivity index (χ0n) is 13.9. The minimum atomic E-state index is 0.154. The van der Waals surface area contributed by atoms with Crippen molar-refractivity contribution >= 4 is 11.4 Å². The van der Waals surface area contributed by atoms with Crippen molar-refractivity contribution in [2.75, 3.05) is 31.2 Å². The molecule has 6 nitrogen and oxygen atoms in total. The Morgan fingerprint density at radius 2 is 1.76 bits per heavy atom. The molecule has 1 saturated heterocycles. The summed E-state index contributed by atoms with van der Waals surface area (Å²) < 4.78 is 5.45. The lowest BCUT2D eigenvalue weighted by Crippen LogP contribution is -2.36. The molecule has 0 aromatic heterocycles. The number of nitrogens with zero attached hydrogens (tertiary/aromatic N) is 2. The molecule has 2 aromatic carbocycles. The number of hydrogen-bond acceptors (Lipinski definition) is 6. The molecule has 0 spiro atoms. The van der Waals surface area contributed by atoms with Crippen LogP contribution in [0.2, 0.25) is 0 Å². The van der Waals surface area contributed by atoms with E-state index in [9.17, 15) is 0 Å². The fourth-order valence-corrected chi connectivity index (χ4v) is 2.94. The van der Waals surface area contributed by atoms with E-state index in [4.69, 9.17) is 21.6 Å². The number of rotatable bonds is 4. The van der Waals surface area contributed by atoms with Gasteiger partial charge in [-0.2, -0.15) is 5.26 Å². The van der Waals surface area contributed by atoms with Crippen LogP contribution in [-0.4, -0.2) is 26.3 Å². The van der Waals surface area contributed by atoms with Crippen LogP contribution in [0.4, 0.5) is 5.69 Å². The third-order valence-corrected chi connectivity index (χ3v) is 4.29. The number of morpholine rings is 1. The SMILES string of the molecule is N#C/C(NN)=C(/N)c1ccc(-c2ccccc2N2CCOCC2)cc1. The monoisotopic (exact) mass is 335 g/mol. The normalized spacial score (nSPS) is 15.3. The van der Waals surface area contributed by atoms with Crippen LogP contribution in [0.5, 0.6) is 0 Å². The second-order valence-corrected chi connectivity index (χ2v) is 5.74. The highest BCUT2D eigenvalue weighted by molar-refractivity contribution is 5.80. The van der Waals surface area contributed by atoms with Crippen molar-refractivity contribution in [3.63, 3.8) is 0 Å². The molecule has 5 N–H and O–H groups in total. The maximum Gasteiger partial charge on any atom is 0.151 e. The topological polar surface area (TPSA) is 100 Å². The van der Waals surface area contributed by atoms with Crippen LogP contribution in [0.1, 0.15) is 5.56 Å². The molecular weight excluding hydrogens is 314 g/mol. The van der Waals surface area contributed by atoms with Gasteiger partial charge in [0.25, 0.3) is 0 Å². The number of hydrazine groups is 1. The summed E-state index contributed by atoms with van der Waals surface area (Å²) in [7, 11) is 0. The van der Waals surface area contributed by atoms with Crippen molar-refractivity contribution in [2.45, 2.75) is 0 Å². The second kappa shape index (κ2) is 7.71. The third-order valence-electron chi connectivity index (χ3n) is 4.29. The number of anilines is 1. The summed E-state index contributed by atoms with van der Waals surface area (Å²) >= 11 is 0. The van der Waals surface area contributed by atoms with Crippen LogP contribution in [0, 0.1) is 11.3 Å². The first-order valence-corrected chi connectivity index (χ1v) is 8.13. The Kier molecular flexibility index (Phi) is 5.19. The molecule has 1 aliphatic rings. The van der Waals surface area contributed by atoms with Crippen LogP contribution in [-0.2, 0) is 4.74 Å². The maximum absolute atomic E-state index is 9.02. The minimum absolute atomic E-state index is 0.154. The zero-order valence-corrected chi connectivity index (χ0v) is 13.9. The molecule has 0 unspecified atom stereocenters. The molecule has 2 aromatic rings. The number of para-hydroxylation sites is 1. The van der Waals surface area contributed by atoms with Gasteiger partial charge in [0.2, 0.25) is 0 Å². The summed E-state index contributed by atoms with van der Waals surface area (Å²) in [5.74, 6) is 5.32. The Balaban J connectivity index is 1.93. The van der Waals surface area contributed by atoms with E-state index in [0.717, 1.165) is 43.0 Å². The van der Waals surface area contributed by atoms with Crippen LogP contribution in [0.3, 0.4) is 0 Å². The first-order valence-electron chi connectivity index (χ1n) is 8.13. The van der Waals surface area contributed by atoms with Gasteiger partial charge in [-0.3, -0.25) is 0 Å². The lowest BCUT2D eigenvalue weighted by molar-refractivity contribution is 0.123. The van der Waals surface area contributed by atoms with Gasteiger partial charge < -0.3 is 20.8 Å². The summed E-state index contributed by atoms with van der Waals surface area (Å²) in [6.07, 6.45) is 0. The average Bonchev–Trinajstić information content (AvgIpc) is 2.69. The predicted octanol–water partition coefficient (Wildman–Crippen LogP) is 1.80. The lowest BCUT2D eigenvalue weighted by Gasteiger charge is -2.30. The van der Waals surface area contributed by atoms with Crippen molar-refractivity contribution < 1.29 is 4.74 Å². The molecule has 0 bridgehead atoms. The number of allylic oxidation sites excluding steroid dienone is 1. The summed E-state index contributed by atoms with van der Waals surface area (Å²) in [5.41, 5.74) is 13.0. The van der Waals surface area contributed by atoms with Crippen molar-refractivity contribution in [2.24, 2.45) is 11.6 Å². The van der Waals surface area contributed by atoms with Crippen molar-refractivity contribution in [1.82, 2.24) is 5.43 Å². The van der Waals surface area contributed by atoms with Gasteiger partial charge in [0.1, 0.15) is 6.07 Å². The van der Waals surface area contributed by atoms with Crippen molar-refractivity contribution in [3.8, 4) is 17.2 Å². The molecule has 25 heavy (non-hydrogen) atoms. The number of nitrogens with one attached hydrogen (secondary N) is 1. The smallest absolute Gasteiger partial charge is 0.151 e. The van der Waals surface area contributed by atoms with E-state index >= 15 is 0 Å². The van der Waals surface area contributed by atoms with E-state index in [0.29, 0.717) is 5.70 Å². The Morgan fingerprint density at radius 1 is 1.08 bits per heavy atom. The molecule has 3 rings (SSSR count). The van der Waals surface area contributed by atoms with E-state index in [-0.39, 0.29) is 5.70 Å². The third kappa shape index (κ3) is 3.58. The summed E-state index contributed by atoms with van der Waals surface area (Å²) in [5, 5.41) is 9.02. The van der Waals surface area contributed by atoms with E-state index < -0.39 is 0 Å². The van der Waals surface area contributed by atoms with Crippen LogP contribution >= 0.6 is 0 Å². The van der Waals surface area contributed by atoms with Gasteiger partial charge in [-0.15, -0.1) is 0 Å². The number of benzene rings is 2. The van der Waals surface area contributed by atoms with Crippen LogP contribution in [0.25, 0.3) is 16.8 Å². The molecular formula is C19H21N5O. The molecule has 0 atom stereocenters. The lowest BCUT2D eigenvalue weighted by atomic mass is 10.00. The number of hydrogen-bond donors (Lipinski definition) is 3. The van der Waals surface area contributed by atoms with Gasteiger partial charge in [-0.25, -0.2) is 5.84 Å². The quantitative estimate of drug-likeness (QED) is 0.447. The van der Waals surface area contributed by atoms with E-state index in [1.807, 2.05) is 36.4 Å². The van der Waals surface area contributed by atoms with Gasteiger partial charge in [-0.05, 0) is 11.6 Å². The van der Waals surface area contributed by atoms with E-state index in [1.165, 1.54) is 5.69 Å². The molecule has 0 amide bonds. The molecule has 1 heterocycles. The molecule has 6 heteroatoms. The number of nitrogens with two attached hydrogens (primary N) is 2. The van der Waals surface area contributed by atoms with Crippen molar-refractivity contribution in [3.05, 3.63) is 59.8 Å². The largest absolute Gasteiger partial charge is 0.396 e. The summed E-state index contributed by atoms with van der Waals surface area (Å²) in [6, 6.07) is 18.1. The molecule has 1 fully saturated rings. The fourth-order valence-electron chi connectivity index (χ4n) is 2.94. The van der Waals surface area contributed by atoms with Crippen molar-refractivity contribution in [1.29, 1.82) is 5.26 Å². The molecule has 0 radical (unpaired) electrons. The van der Waals surface area contributed by atoms with Crippen LogP contribution in [0.15, 0.2) is 54.2 Å². The predicted molar refractivity (Wildman–Crippen MR) is 99.0 cm³/mol.